The predicted molar refractivity (Wildman–Crippen MR) is 71.5 cm³/mol. The van der Waals surface area contributed by atoms with E-state index in [1.54, 1.807) is 14.0 Å². The van der Waals surface area contributed by atoms with E-state index in [0.717, 1.165) is 0 Å². The largest absolute Gasteiger partial charge is 0.388 e. The van der Waals surface area contributed by atoms with Crippen LogP contribution in [-0.2, 0) is 19.4 Å². The van der Waals surface area contributed by atoms with E-state index >= 15 is 0 Å². The highest BCUT2D eigenvalue weighted by Crippen LogP contribution is 2.21. The van der Waals surface area contributed by atoms with Crippen molar-refractivity contribution < 1.29 is 23.1 Å². The third-order valence-corrected chi connectivity index (χ3v) is 5.15. The van der Waals surface area contributed by atoms with Gasteiger partial charge < -0.3 is 15.2 Å². The summed E-state index contributed by atoms with van der Waals surface area (Å²) in [6.07, 6.45) is 1.19. The number of methoxy groups -OCH3 is 1. The van der Waals surface area contributed by atoms with Crippen LogP contribution < -0.4 is 5.32 Å². The Balaban J connectivity index is 2.28. The van der Waals surface area contributed by atoms with Crippen molar-refractivity contribution in [2.24, 2.45) is 5.92 Å². The number of hydrogen-bond acceptors (Lipinski definition) is 5. The van der Waals surface area contributed by atoms with Gasteiger partial charge in [-0.3, -0.25) is 4.79 Å². The van der Waals surface area contributed by atoms with Crippen molar-refractivity contribution in [1.82, 2.24) is 5.32 Å². The van der Waals surface area contributed by atoms with E-state index in [-0.39, 0.29) is 36.3 Å². The summed E-state index contributed by atoms with van der Waals surface area (Å²) in [5.74, 6) is -0.0227. The zero-order valence-electron chi connectivity index (χ0n) is 11.5. The average Bonchev–Trinajstić information content (AvgIpc) is 2.64. The van der Waals surface area contributed by atoms with Crippen LogP contribution in [0.2, 0.25) is 0 Å². The van der Waals surface area contributed by atoms with Gasteiger partial charge in [0.2, 0.25) is 5.91 Å². The zero-order chi connectivity index (χ0) is 14.5. The molecule has 1 aliphatic heterocycles. The van der Waals surface area contributed by atoms with Crippen molar-refractivity contribution in [2.75, 3.05) is 31.8 Å². The van der Waals surface area contributed by atoms with Gasteiger partial charge in [-0.1, -0.05) is 0 Å². The second-order valence-electron chi connectivity index (χ2n) is 5.49. The maximum atomic E-state index is 11.7. The molecule has 0 bridgehead atoms. The third-order valence-electron chi connectivity index (χ3n) is 3.31. The third kappa shape index (κ3) is 6.35. The first-order valence-electron chi connectivity index (χ1n) is 6.42. The molecule has 0 aromatic carbocycles. The lowest BCUT2D eigenvalue weighted by Gasteiger charge is -2.23. The van der Waals surface area contributed by atoms with E-state index in [0.29, 0.717) is 19.4 Å². The number of hydrogen-bond donors (Lipinski definition) is 2. The van der Waals surface area contributed by atoms with Gasteiger partial charge >= 0.3 is 0 Å². The van der Waals surface area contributed by atoms with Crippen molar-refractivity contribution in [3.05, 3.63) is 0 Å². The van der Waals surface area contributed by atoms with Crippen molar-refractivity contribution >= 4 is 15.7 Å². The van der Waals surface area contributed by atoms with Crippen LogP contribution in [0.15, 0.2) is 0 Å². The molecule has 1 heterocycles. The number of amides is 1. The fourth-order valence-corrected chi connectivity index (χ4v) is 3.93. The Morgan fingerprint density at radius 1 is 1.53 bits per heavy atom. The van der Waals surface area contributed by atoms with Crippen molar-refractivity contribution in [2.45, 2.75) is 31.8 Å². The molecular weight excluding hydrogens is 270 g/mol. The van der Waals surface area contributed by atoms with Gasteiger partial charge in [0.25, 0.3) is 0 Å². The van der Waals surface area contributed by atoms with Gasteiger partial charge in [0, 0.05) is 33.1 Å². The summed E-state index contributed by atoms with van der Waals surface area (Å²) in [7, 11) is -1.39. The summed E-state index contributed by atoms with van der Waals surface area (Å²) in [5.41, 5.74) is -1.01. The SMILES string of the molecule is COCCC(C)(O)CNC(=O)CC1CCS(=O)(=O)C1. The number of ether oxygens (including phenoxy) is 1. The molecule has 2 N–H and O–H groups in total. The number of carbonyl (C=O) groups excluding carboxylic acids is 1. The number of carbonyl (C=O) groups is 1. The first-order valence-corrected chi connectivity index (χ1v) is 8.25. The first kappa shape index (κ1) is 16.4. The van der Waals surface area contributed by atoms with Crippen LogP contribution in [0.25, 0.3) is 0 Å². The van der Waals surface area contributed by atoms with Crippen LogP contribution in [0.4, 0.5) is 0 Å². The number of sulfone groups is 1. The summed E-state index contributed by atoms with van der Waals surface area (Å²) in [5, 5.41) is 12.6. The molecule has 19 heavy (non-hydrogen) atoms. The van der Waals surface area contributed by atoms with Crippen LogP contribution >= 0.6 is 0 Å². The molecule has 0 radical (unpaired) electrons. The molecule has 1 saturated heterocycles. The summed E-state index contributed by atoms with van der Waals surface area (Å²) in [6.45, 7) is 2.20. The van der Waals surface area contributed by atoms with Crippen LogP contribution in [-0.4, -0.2) is 56.8 Å². The summed E-state index contributed by atoms with van der Waals surface area (Å²) < 4.78 is 27.4. The quantitative estimate of drug-likeness (QED) is 0.673. The zero-order valence-corrected chi connectivity index (χ0v) is 12.3. The minimum atomic E-state index is -2.94. The molecule has 0 spiro atoms. The molecular formula is C12H23NO5S. The number of nitrogens with one attached hydrogen (secondary N) is 1. The highest BCUT2D eigenvalue weighted by Gasteiger charge is 2.30. The lowest BCUT2D eigenvalue weighted by atomic mass is 10.0. The Bertz CT molecular complexity index is 404. The molecule has 0 aromatic heterocycles. The molecule has 0 aliphatic carbocycles. The molecule has 1 amide bonds. The monoisotopic (exact) mass is 293 g/mol. The van der Waals surface area contributed by atoms with Crippen molar-refractivity contribution in [1.29, 1.82) is 0 Å². The molecule has 0 aromatic rings. The lowest BCUT2D eigenvalue weighted by Crippen LogP contribution is -2.41. The molecule has 112 valence electrons. The maximum absolute atomic E-state index is 11.7. The van der Waals surface area contributed by atoms with Gasteiger partial charge in [-0.25, -0.2) is 8.42 Å². The second kappa shape index (κ2) is 6.67. The van der Waals surface area contributed by atoms with Gasteiger partial charge in [0.05, 0.1) is 17.1 Å². The van der Waals surface area contributed by atoms with Gasteiger partial charge in [0.1, 0.15) is 0 Å². The highest BCUT2D eigenvalue weighted by molar-refractivity contribution is 7.91. The van der Waals surface area contributed by atoms with Crippen LogP contribution in [0.5, 0.6) is 0 Å². The van der Waals surface area contributed by atoms with Gasteiger partial charge in [-0.15, -0.1) is 0 Å². The summed E-state index contributed by atoms with van der Waals surface area (Å²) >= 11 is 0. The van der Waals surface area contributed by atoms with E-state index in [1.165, 1.54) is 0 Å². The number of aliphatic hydroxyl groups is 1. The Morgan fingerprint density at radius 3 is 2.74 bits per heavy atom. The minimum absolute atomic E-state index is 0.0890. The van der Waals surface area contributed by atoms with E-state index in [9.17, 15) is 18.3 Å². The smallest absolute Gasteiger partial charge is 0.220 e. The van der Waals surface area contributed by atoms with Crippen LogP contribution in [0.3, 0.4) is 0 Å². The summed E-state index contributed by atoms with van der Waals surface area (Å²) in [4.78, 5) is 11.7. The topological polar surface area (TPSA) is 92.7 Å². The second-order valence-corrected chi connectivity index (χ2v) is 7.72. The first-order chi connectivity index (χ1) is 8.74. The Hall–Kier alpha value is -0.660. The molecule has 6 nitrogen and oxygen atoms in total. The van der Waals surface area contributed by atoms with Crippen LogP contribution in [0.1, 0.15) is 26.2 Å². The Kier molecular flexibility index (Phi) is 5.76. The van der Waals surface area contributed by atoms with E-state index in [4.69, 9.17) is 4.74 Å². The molecule has 2 unspecified atom stereocenters. The van der Waals surface area contributed by atoms with E-state index in [1.807, 2.05) is 0 Å². The van der Waals surface area contributed by atoms with Crippen molar-refractivity contribution in [3.8, 4) is 0 Å². The fourth-order valence-electron chi connectivity index (χ4n) is 2.07. The summed E-state index contributed by atoms with van der Waals surface area (Å²) in [6, 6.07) is 0. The molecule has 2 atom stereocenters. The fraction of sp³-hybridized carbons (Fsp3) is 0.917. The van der Waals surface area contributed by atoms with Gasteiger partial charge in [0.15, 0.2) is 9.84 Å². The van der Waals surface area contributed by atoms with Gasteiger partial charge in [-0.2, -0.15) is 0 Å². The lowest BCUT2D eigenvalue weighted by molar-refractivity contribution is -0.123. The number of rotatable bonds is 7. The molecule has 1 fully saturated rings. The highest BCUT2D eigenvalue weighted by atomic mass is 32.2. The normalized spacial score (nSPS) is 24.9. The van der Waals surface area contributed by atoms with E-state index < -0.39 is 15.4 Å². The van der Waals surface area contributed by atoms with Crippen molar-refractivity contribution in [3.63, 3.8) is 0 Å². The molecule has 1 rings (SSSR count). The van der Waals surface area contributed by atoms with Crippen LogP contribution in [0, 0.1) is 5.92 Å². The van der Waals surface area contributed by atoms with E-state index in [2.05, 4.69) is 5.32 Å². The maximum Gasteiger partial charge on any atom is 0.220 e. The molecule has 0 saturated carbocycles. The predicted octanol–water partition coefficient (Wildman–Crippen LogP) is -0.285. The molecule has 1 aliphatic rings. The molecule has 7 heteroatoms. The Morgan fingerprint density at radius 2 is 2.21 bits per heavy atom. The Labute approximate surface area is 114 Å². The average molecular weight is 293 g/mol. The standard InChI is InChI=1S/C12H23NO5S/c1-12(15,4-5-18-2)9-13-11(14)7-10-3-6-19(16,17)8-10/h10,15H,3-9H2,1-2H3,(H,13,14). The van der Waals surface area contributed by atoms with Gasteiger partial charge in [-0.05, 0) is 19.3 Å². The minimum Gasteiger partial charge on any atom is -0.388 e.